The van der Waals surface area contributed by atoms with E-state index in [1.165, 1.54) is 0 Å². The minimum Gasteiger partial charge on any atom is -0.493 e. The fourth-order valence-electron chi connectivity index (χ4n) is 4.51. The molecule has 2 aliphatic carbocycles. The first-order valence-corrected chi connectivity index (χ1v) is 11.4. The van der Waals surface area contributed by atoms with Crippen molar-refractivity contribution in [3.8, 4) is 17.2 Å². The summed E-state index contributed by atoms with van der Waals surface area (Å²) in [6, 6.07) is 15.8. The second-order valence-electron chi connectivity index (χ2n) is 8.83. The maximum Gasteiger partial charge on any atom is 0.306 e. The average Bonchev–Trinajstić information content (AvgIpc) is 3.56. The summed E-state index contributed by atoms with van der Waals surface area (Å²) in [6.45, 7) is 5.06. The molecule has 0 bridgehead atoms. The van der Waals surface area contributed by atoms with E-state index in [0.29, 0.717) is 25.0 Å². The molecule has 0 heterocycles. The Labute approximate surface area is 184 Å². The molecule has 0 aromatic heterocycles. The lowest BCUT2D eigenvalue weighted by atomic mass is 9.82. The van der Waals surface area contributed by atoms with Crippen molar-refractivity contribution in [1.29, 1.82) is 0 Å². The van der Waals surface area contributed by atoms with E-state index in [2.05, 4.69) is 0 Å². The Morgan fingerprint density at radius 2 is 1.81 bits per heavy atom. The van der Waals surface area contributed by atoms with E-state index in [0.717, 1.165) is 48.5 Å². The molecule has 2 atom stereocenters. The van der Waals surface area contributed by atoms with Crippen LogP contribution >= 0.6 is 0 Å². The number of aliphatic carboxylic acids is 1. The zero-order valence-corrected chi connectivity index (χ0v) is 18.3. The van der Waals surface area contributed by atoms with Gasteiger partial charge in [0, 0.05) is 0 Å². The third-order valence-electron chi connectivity index (χ3n) is 6.42. The maximum absolute atomic E-state index is 11.6. The Morgan fingerprint density at radius 1 is 1.06 bits per heavy atom. The third kappa shape index (κ3) is 5.33. The van der Waals surface area contributed by atoms with Crippen molar-refractivity contribution in [2.24, 2.45) is 17.8 Å². The largest absolute Gasteiger partial charge is 0.493 e. The van der Waals surface area contributed by atoms with Gasteiger partial charge in [-0.1, -0.05) is 31.2 Å². The van der Waals surface area contributed by atoms with Gasteiger partial charge in [-0.05, 0) is 80.2 Å². The molecule has 5 heteroatoms. The summed E-state index contributed by atoms with van der Waals surface area (Å²) in [5.74, 6) is 2.32. The summed E-state index contributed by atoms with van der Waals surface area (Å²) in [5, 5.41) is 9.50. The lowest BCUT2D eigenvalue weighted by molar-refractivity contribution is -0.142. The zero-order chi connectivity index (χ0) is 21.8. The molecular weight excluding hydrogens is 392 g/mol. The highest BCUT2D eigenvalue weighted by Gasteiger charge is 2.38. The van der Waals surface area contributed by atoms with E-state index in [1.54, 1.807) is 0 Å². The highest BCUT2D eigenvalue weighted by atomic mass is 16.5. The Balaban J connectivity index is 1.28. The van der Waals surface area contributed by atoms with Crippen LogP contribution in [0.2, 0.25) is 0 Å². The lowest BCUT2D eigenvalue weighted by Gasteiger charge is -2.35. The van der Waals surface area contributed by atoms with E-state index < -0.39 is 5.97 Å². The van der Waals surface area contributed by atoms with Gasteiger partial charge in [-0.15, -0.1) is 0 Å². The molecule has 0 saturated heterocycles. The van der Waals surface area contributed by atoms with Gasteiger partial charge in [-0.2, -0.15) is 0 Å². The molecule has 2 aromatic carbocycles. The molecule has 2 saturated carbocycles. The van der Waals surface area contributed by atoms with E-state index >= 15 is 0 Å². The van der Waals surface area contributed by atoms with Crippen LogP contribution in [0, 0.1) is 17.8 Å². The summed E-state index contributed by atoms with van der Waals surface area (Å²) in [4.78, 5) is 11.6. The first kappa shape index (κ1) is 21.5. The molecule has 166 valence electrons. The van der Waals surface area contributed by atoms with Crippen molar-refractivity contribution < 1.29 is 24.1 Å². The molecule has 1 N–H and O–H groups in total. The molecule has 0 unspecified atom stereocenters. The van der Waals surface area contributed by atoms with Crippen molar-refractivity contribution in [2.45, 2.75) is 51.6 Å². The molecular formula is C26H32O5. The molecule has 4 rings (SSSR count). The van der Waals surface area contributed by atoms with E-state index in [4.69, 9.17) is 14.2 Å². The number of benzene rings is 2. The maximum atomic E-state index is 11.6. The van der Waals surface area contributed by atoms with Gasteiger partial charge < -0.3 is 19.3 Å². The van der Waals surface area contributed by atoms with Crippen LogP contribution in [0.15, 0.2) is 48.5 Å². The fraction of sp³-hybridized carbons (Fsp3) is 0.500. The Hall–Kier alpha value is -2.69. The summed E-state index contributed by atoms with van der Waals surface area (Å²) in [5.41, 5.74) is 1.08. The number of carboxylic acid groups (broad SMARTS) is 1. The zero-order valence-electron chi connectivity index (χ0n) is 18.3. The van der Waals surface area contributed by atoms with Crippen molar-refractivity contribution >= 4 is 5.97 Å². The first-order valence-electron chi connectivity index (χ1n) is 11.4. The standard InChI is InChI=1S/C26H32O5/c1-3-29-23-9-4-5-10-24(23)31-22-13-18(14-22)16-30-21-8-6-7-20(15-21)25(19-11-12-19)17(2)26(27)28/h4-10,15,17-19,22,25H,3,11-14,16H2,1-2H3,(H,27,28)/t17-,18?,22?,25-/m0/s1. The summed E-state index contributed by atoms with van der Waals surface area (Å²) in [6.07, 6.45) is 4.34. The molecule has 0 amide bonds. The Bertz CT molecular complexity index is 885. The van der Waals surface area contributed by atoms with Crippen LogP contribution in [0.1, 0.15) is 51.0 Å². The molecule has 2 aliphatic rings. The monoisotopic (exact) mass is 424 g/mol. The number of ether oxygens (including phenoxy) is 3. The summed E-state index contributed by atoms with van der Waals surface area (Å²) in [7, 11) is 0. The average molecular weight is 425 g/mol. The number of para-hydroxylation sites is 2. The molecule has 0 radical (unpaired) electrons. The lowest BCUT2D eigenvalue weighted by Crippen LogP contribution is -2.37. The number of hydrogen-bond donors (Lipinski definition) is 1. The van der Waals surface area contributed by atoms with Crippen molar-refractivity contribution in [2.75, 3.05) is 13.2 Å². The highest BCUT2D eigenvalue weighted by Crippen LogP contribution is 2.47. The van der Waals surface area contributed by atoms with Crippen molar-refractivity contribution in [3.63, 3.8) is 0 Å². The van der Waals surface area contributed by atoms with E-state index in [-0.39, 0.29) is 17.9 Å². The van der Waals surface area contributed by atoms with Crippen LogP contribution in [-0.4, -0.2) is 30.4 Å². The second kappa shape index (κ2) is 9.63. The number of hydrogen-bond acceptors (Lipinski definition) is 4. The summed E-state index contributed by atoms with van der Waals surface area (Å²) >= 11 is 0. The quantitative estimate of drug-likeness (QED) is 0.513. The van der Waals surface area contributed by atoms with Gasteiger partial charge in [0.1, 0.15) is 5.75 Å². The van der Waals surface area contributed by atoms with Gasteiger partial charge in [0.05, 0.1) is 25.2 Å². The van der Waals surface area contributed by atoms with Gasteiger partial charge in [0.2, 0.25) is 0 Å². The molecule has 5 nitrogen and oxygen atoms in total. The Morgan fingerprint density at radius 3 is 2.48 bits per heavy atom. The van der Waals surface area contributed by atoms with Gasteiger partial charge >= 0.3 is 5.97 Å². The molecule has 2 fully saturated rings. The van der Waals surface area contributed by atoms with Crippen LogP contribution < -0.4 is 14.2 Å². The molecule has 31 heavy (non-hydrogen) atoms. The Kier molecular flexibility index (Phi) is 6.69. The minimum absolute atomic E-state index is 0.0629. The number of carboxylic acids is 1. The second-order valence-corrected chi connectivity index (χ2v) is 8.83. The fourth-order valence-corrected chi connectivity index (χ4v) is 4.51. The van der Waals surface area contributed by atoms with Crippen LogP contribution in [0.4, 0.5) is 0 Å². The van der Waals surface area contributed by atoms with Gasteiger partial charge in [-0.25, -0.2) is 0 Å². The van der Waals surface area contributed by atoms with Crippen LogP contribution in [0.25, 0.3) is 0 Å². The number of rotatable bonds is 11. The molecule has 0 spiro atoms. The predicted octanol–water partition coefficient (Wildman–Crippen LogP) is 5.54. The third-order valence-corrected chi connectivity index (χ3v) is 6.42. The molecule has 0 aliphatic heterocycles. The van der Waals surface area contributed by atoms with Gasteiger partial charge in [-0.3, -0.25) is 4.79 Å². The summed E-state index contributed by atoms with van der Waals surface area (Å²) < 4.78 is 17.8. The highest BCUT2D eigenvalue weighted by molar-refractivity contribution is 5.71. The van der Waals surface area contributed by atoms with Gasteiger partial charge in [0.15, 0.2) is 11.5 Å². The van der Waals surface area contributed by atoms with Crippen molar-refractivity contribution in [3.05, 3.63) is 54.1 Å². The molecule has 2 aromatic rings. The van der Waals surface area contributed by atoms with Crippen LogP contribution in [0.5, 0.6) is 17.2 Å². The number of carbonyl (C=O) groups is 1. The van der Waals surface area contributed by atoms with Crippen LogP contribution in [0.3, 0.4) is 0 Å². The normalized spacial score (nSPS) is 22.1. The van der Waals surface area contributed by atoms with Crippen LogP contribution in [-0.2, 0) is 4.79 Å². The van der Waals surface area contributed by atoms with E-state index in [9.17, 15) is 9.90 Å². The topological polar surface area (TPSA) is 65.0 Å². The smallest absolute Gasteiger partial charge is 0.306 e. The SMILES string of the molecule is CCOc1ccccc1OC1CC(COc2cccc([C@H](C3CC3)[C@H](C)C(=O)O)c2)C1. The predicted molar refractivity (Wildman–Crippen MR) is 119 cm³/mol. The first-order chi connectivity index (χ1) is 15.0. The van der Waals surface area contributed by atoms with Crippen molar-refractivity contribution in [1.82, 2.24) is 0 Å². The van der Waals surface area contributed by atoms with Gasteiger partial charge in [0.25, 0.3) is 0 Å². The van der Waals surface area contributed by atoms with E-state index in [1.807, 2.05) is 62.4 Å². The minimum atomic E-state index is -0.727.